The molecule has 1 aromatic rings. The van der Waals surface area contributed by atoms with Gasteiger partial charge in [-0.3, -0.25) is 29.4 Å². The number of carbonyl (C=O) groups is 4. The molecule has 1 aromatic carbocycles. The second-order valence-electron chi connectivity index (χ2n) is 6.02. The molecule has 1 saturated heterocycles. The van der Waals surface area contributed by atoms with Crippen molar-refractivity contribution in [3.8, 4) is 0 Å². The number of hydrogen-bond acceptors (Lipinski definition) is 4. The van der Waals surface area contributed by atoms with Crippen LogP contribution in [0.1, 0.15) is 58.9 Å². The summed E-state index contributed by atoms with van der Waals surface area (Å²) < 4.78 is 14.1. The lowest BCUT2D eigenvalue weighted by atomic mass is 9.97. The summed E-state index contributed by atoms with van der Waals surface area (Å²) in [6.45, 7) is 3.56. The summed E-state index contributed by atoms with van der Waals surface area (Å²) in [7, 11) is 0. The van der Waals surface area contributed by atoms with E-state index in [1.165, 1.54) is 6.07 Å². The van der Waals surface area contributed by atoms with Crippen LogP contribution < -0.4 is 5.32 Å². The van der Waals surface area contributed by atoms with E-state index in [2.05, 4.69) is 5.32 Å². The number of amides is 4. The monoisotopic (exact) mass is 318 g/mol. The van der Waals surface area contributed by atoms with Crippen molar-refractivity contribution in [1.29, 1.82) is 0 Å². The molecule has 2 aliphatic rings. The Morgan fingerprint density at radius 1 is 1.13 bits per heavy atom. The molecule has 7 heteroatoms. The van der Waals surface area contributed by atoms with Crippen LogP contribution in [0.25, 0.3) is 0 Å². The number of imide groups is 2. The normalized spacial score (nSPS) is 21.0. The molecule has 1 fully saturated rings. The van der Waals surface area contributed by atoms with E-state index in [4.69, 9.17) is 0 Å². The van der Waals surface area contributed by atoms with Gasteiger partial charge >= 0.3 is 0 Å². The third-order valence-electron chi connectivity index (χ3n) is 4.18. The van der Waals surface area contributed by atoms with Crippen LogP contribution in [0, 0.1) is 5.82 Å². The predicted molar refractivity (Wildman–Crippen MR) is 77.2 cm³/mol. The van der Waals surface area contributed by atoms with Crippen LogP contribution in [0.15, 0.2) is 12.1 Å². The van der Waals surface area contributed by atoms with Gasteiger partial charge in [0.05, 0.1) is 11.1 Å². The minimum absolute atomic E-state index is 0.0402. The predicted octanol–water partition coefficient (Wildman–Crippen LogP) is 1.35. The first-order valence-corrected chi connectivity index (χ1v) is 7.36. The summed E-state index contributed by atoms with van der Waals surface area (Å²) in [6.07, 6.45) is 0.130. The molecule has 2 heterocycles. The Morgan fingerprint density at radius 2 is 1.74 bits per heavy atom. The van der Waals surface area contributed by atoms with Gasteiger partial charge in [0, 0.05) is 6.42 Å². The lowest BCUT2D eigenvalue weighted by molar-refractivity contribution is -0.136. The molecule has 0 bridgehead atoms. The number of fused-ring (bicyclic) bond motifs is 1. The molecule has 0 saturated carbocycles. The maximum atomic E-state index is 14.1. The topological polar surface area (TPSA) is 83.6 Å². The first-order chi connectivity index (χ1) is 10.8. The van der Waals surface area contributed by atoms with Crippen LogP contribution in [0.2, 0.25) is 0 Å². The van der Waals surface area contributed by atoms with Crippen molar-refractivity contribution >= 4 is 23.6 Å². The van der Waals surface area contributed by atoms with Crippen molar-refractivity contribution < 1.29 is 23.6 Å². The molecule has 1 unspecified atom stereocenters. The maximum Gasteiger partial charge on any atom is 0.262 e. The minimum Gasteiger partial charge on any atom is -0.295 e. The maximum absolute atomic E-state index is 14.1. The van der Waals surface area contributed by atoms with Gasteiger partial charge < -0.3 is 0 Å². The summed E-state index contributed by atoms with van der Waals surface area (Å²) in [6, 6.07) is 1.39. The number of carbonyl (C=O) groups excluding carboxylic acids is 4. The third-order valence-corrected chi connectivity index (χ3v) is 4.18. The van der Waals surface area contributed by atoms with Crippen LogP contribution in [-0.2, 0) is 9.59 Å². The van der Waals surface area contributed by atoms with Gasteiger partial charge in [-0.2, -0.15) is 0 Å². The molecule has 1 N–H and O–H groups in total. The van der Waals surface area contributed by atoms with E-state index in [9.17, 15) is 23.6 Å². The average molecular weight is 318 g/mol. The van der Waals surface area contributed by atoms with Crippen molar-refractivity contribution in [3.05, 3.63) is 34.6 Å². The van der Waals surface area contributed by atoms with Crippen LogP contribution in [0.4, 0.5) is 4.39 Å². The molecule has 23 heavy (non-hydrogen) atoms. The zero-order valence-electron chi connectivity index (χ0n) is 12.7. The number of benzene rings is 1. The van der Waals surface area contributed by atoms with Gasteiger partial charge in [0.1, 0.15) is 11.9 Å². The van der Waals surface area contributed by atoms with Gasteiger partial charge in [0.25, 0.3) is 11.8 Å². The number of rotatable bonds is 2. The molecule has 6 nitrogen and oxygen atoms in total. The van der Waals surface area contributed by atoms with Gasteiger partial charge in [-0.15, -0.1) is 0 Å². The second-order valence-corrected chi connectivity index (χ2v) is 6.02. The largest absolute Gasteiger partial charge is 0.295 e. The van der Waals surface area contributed by atoms with Gasteiger partial charge in [-0.05, 0) is 30.0 Å². The summed E-state index contributed by atoms with van der Waals surface area (Å²) in [5.41, 5.74) is 0.404. The number of piperidine rings is 1. The molecule has 3 rings (SSSR count). The van der Waals surface area contributed by atoms with E-state index in [1.54, 1.807) is 13.8 Å². The Balaban J connectivity index is 2.01. The molecule has 0 aromatic heterocycles. The van der Waals surface area contributed by atoms with E-state index >= 15 is 0 Å². The van der Waals surface area contributed by atoms with E-state index in [1.807, 2.05) is 0 Å². The summed E-state index contributed by atoms with van der Waals surface area (Å²) in [4.78, 5) is 48.9. The Labute approximate surface area is 131 Å². The van der Waals surface area contributed by atoms with E-state index in [-0.39, 0.29) is 29.9 Å². The molecule has 1 atom stereocenters. The van der Waals surface area contributed by atoms with Crippen LogP contribution in [-0.4, -0.2) is 34.6 Å². The van der Waals surface area contributed by atoms with Crippen LogP contribution in [0.5, 0.6) is 0 Å². The smallest absolute Gasteiger partial charge is 0.262 e. The van der Waals surface area contributed by atoms with Crippen molar-refractivity contribution in [2.24, 2.45) is 0 Å². The van der Waals surface area contributed by atoms with E-state index in [0.717, 1.165) is 11.0 Å². The van der Waals surface area contributed by atoms with Crippen LogP contribution >= 0.6 is 0 Å². The zero-order valence-corrected chi connectivity index (χ0v) is 12.7. The first kappa shape index (κ1) is 15.3. The minimum atomic E-state index is -1.04. The Bertz CT molecular complexity index is 757. The van der Waals surface area contributed by atoms with Gasteiger partial charge in [-0.25, -0.2) is 4.39 Å². The lowest BCUT2D eigenvalue weighted by Gasteiger charge is -2.27. The van der Waals surface area contributed by atoms with Crippen molar-refractivity contribution in [1.82, 2.24) is 10.2 Å². The fraction of sp³-hybridized carbons (Fsp3) is 0.375. The molecular weight excluding hydrogens is 303 g/mol. The molecular formula is C16H15FN2O4. The van der Waals surface area contributed by atoms with E-state index < -0.39 is 35.5 Å². The van der Waals surface area contributed by atoms with Gasteiger partial charge in [-0.1, -0.05) is 13.8 Å². The number of halogens is 1. The summed E-state index contributed by atoms with van der Waals surface area (Å²) in [5.74, 6) is -3.13. The highest BCUT2D eigenvalue weighted by Crippen LogP contribution is 2.31. The Hall–Kier alpha value is -2.57. The molecule has 2 aliphatic heterocycles. The lowest BCUT2D eigenvalue weighted by Crippen LogP contribution is -2.54. The highest BCUT2D eigenvalue weighted by molar-refractivity contribution is 6.23. The van der Waals surface area contributed by atoms with E-state index in [0.29, 0.717) is 5.56 Å². The standard InChI is InChI=1S/C16H15FN2O4/c1-7(2)8-5-9-10(6-11(8)17)16(23)19(15(9)22)12-3-4-13(20)18-14(12)21/h5-7,12H,3-4H2,1-2H3,(H,18,20,21). The molecule has 0 radical (unpaired) electrons. The van der Waals surface area contributed by atoms with Crippen LogP contribution in [0.3, 0.4) is 0 Å². The number of nitrogens with one attached hydrogen (secondary N) is 1. The van der Waals surface area contributed by atoms with Gasteiger partial charge in [0.2, 0.25) is 11.8 Å². The number of hydrogen-bond donors (Lipinski definition) is 1. The summed E-state index contributed by atoms with van der Waals surface area (Å²) >= 11 is 0. The Morgan fingerprint density at radius 3 is 2.30 bits per heavy atom. The SMILES string of the molecule is CC(C)c1cc2c(cc1F)C(=O)N(C1CCC(=O)NC1=O)C2=O. The van der Waals surface area contributed by atoms with Crippen molar-refractivity contribution in [2.45, 2.75) is 38.6 Å². The fourth-order valence-corrected chi connectivity index (χ4v) is 2.95. The average Bonchev–Trinajstić information content (AvgIpc) is 2.70. The molecule has 0 aliphatic carbocycles. The third kappa shape index (κ3) is 2.32. The highest BCUT2D eigenvalue weighted by atomic mass is 19.1. The summed E-state index contributed by atoms with van der Waals surface area (Å²) in [5, 5.41) is 2.12. The van der Waals surface area contributed by atoms with Gasteiger partial charge in [0.15, 0.2) is 0 Å². The quantitative estimate of drug-likeness (QED) is 0.834. The zero-order chi connectivity index (χ0) is 16.9. The first-order valence-electron chi connectivity index (χ1n) is 7.36. The molecule has 120 valence electrons. The second kappa shape index (κ2) is 5.26. The fourth-order valence-electron chi connectivity index (χ4n) is 2.95. The molecule has 0 spiro atoms. The number of nitrogens with zero attached hydrogens (tertiary/aromatic N) is 1. The van der Waals surface area contributed by atoms with Crippen molar-refractivity contribution in [3.63, 3.8) is 0 Å². The Kier molecular flexibility index (Phi) is 3.50. The van der Waals surface area contributed by atoms with Crippen molar-refractivity contribution in [2.75, 3.05) is 0 Å². The highest BCUT2D eigenvalue weighted by Gasteiger charge is 2.45. The molecule has 4 amide bonds.